The second-order valence-electron chi connectivity index (χ2n) is 8.67. The van der Waals surface area contributed by atoms with Crippen molar-refractivity contribution in [1.82, 2.24) is 24.6 Å². The van der Waals surface area contributed by atoms with Crippen molar-refractivity contribution in [2.24, 2.45) is 14.1 Å². The molecule has 0 saturated heterocycles. The zero-order valence-electron chi connectivity index (χ0n) is 18.9. The van der Waals surface area contributed by atoms with Gasteiger partial charge in [-0.05, 0) is 32.6 Å². The summed E-state index contributed by atoms with van der Waals surface area (Å²) in [5.74, 6) is 1.41. The van der Waals surface area contributed by atoms with E-state index in [9.17, 15) is 18.3 Å². The van der Waals surface area contributed by atoms with Gasteiger partial charge in [-0.25, -0.2) is 4.98 Å². The van der Waals surface area contributed by atoms with Crippen molar-refractivity contribution in [2.45, 2.75) is 57.0 Å². The fraction of sp³-hybridized carbons (Fsp3) is 0.545. The van der Waals surface area contributed by atoms with Gasteiger partial charge < -0.3 is 25.0 Å². The minimum Gasteiger partial charge on any atom is -0.490 e. The number of ether oxygens (including phenoxy) is 1. The lowest BCUT2D eigenvalue weighted by Crippen LogP contribution is -2.44. The second-order valence-corrected chi connectivity index (χ2v) is 8.67. The summed E-state index contributed by atoms with van der Waals surface area (Å²) in [6.45, 7) is 1.49. The van der Waals surface area contributed by atoms with Crippen molar-refractivity contribution in [3.8, 4) is 5.75 Å². The van der Waals surface area contributed by atoms with Crippen molar-refractivity contribution in [3.63, 3.8) is 0 Å². The average Bonchev–Trinajstić information content (AvgIpc) is 3.28. The van der Waals surface area contributed by atoms with Gasteiger partial charge in [-0.2, -0.15) is 18.3 Å². The summed E-state index contributed by atoms with van der Waals surface area (Å²) < 4.78 is 47.4. The highest BCUT2D eigenvalue weighted by Crippen LogP contribution is 2.33. The lowest BCUT2D eigenvalue weighted by atomic mass is 9.93. The Hall–Kier alpha value is -2.79. The largest absolute Gasteiger partial charge is 0.490 e. The van der Waals surface area contributed by atoms with Crippen LogP contribution in [0.2, 0.25) is 0 Å². The van der Waals surface area contributed by atoms with Crippen LogP contribution in [0.1, 0.15) is 31.4 Å². The number of aromatic nitrogens is 4. The Morgan fingerprint density at radius 2 is 1.91 bits per heavy atom. The van der Waals surface area contributed by atoms with Crippen LogP contribution in [0.3, 0.4) is 0 Å². The number of halogens is 3. The molecule has 2 heterocycles. The molecule has 0 aliphatic heterocycles. The minimum atomic E-state index is -4.60. The maximum absolute atomic E-state index is 12.5. The van der Waals surface area contributed by atoms with E-state index in [0.717, 1.165) is 22.4 Å². The van der Waals surface area contributed by atoms with Gasteiger partial charge in [-0.1, -0.05) is 0 Å². The molecule has 33 heavy (non-hydrogen) atoms. The zero-order valence-corrected chi connectivity index (χ0v) is 18.9. The van der Waals surface area contributed by atoms with Crippen LogP contribution in [0.4, 0.5) is 24.7 Å². The lowest BCUT2D eigenvalue weighted by molar-refractivity contribution is -0.202. The van der Waals surface area contributed by atoms with Gasteiger partial charge in [0.15, 0.2) is 11.9 Å². The van der Waals surface area contributed by atoms with Gasteiger partial charge in [0.25, 0.3) is 0 Å². The molecule has 3 N–H and O–H groups in total. The summed E-state index contributed by atoms with van der Waals surface area (Å²) in [6, 6.07) is 5.74. The van der Waals surface area contributed by atoms with Crippen LogP contribution < -0.4 is 15.4 Å². The maximum atomic E-state index is 12.5. The first-order chi connectivity index (χ1) is 15.6. The Morgan fingerprint density at radius 3 is 2.55 bits per heavy atom. The summed E-state index contributed by atoms with van der Waals surface area (Å²) in [4.78, 5) is 4.49. The van der Waals surface area contributed by atoms with Crippen LogP contribution in [0.25, 0.3) is 11.0 Å². The summed E-state index contributed by atoms with van der Waals surface area (Å²) in [6.07, 6.45) is -2.44. The van der Waals surface area contributed by atoms with E-state index in [-0.39, 0.29) is 12.1 Å². The Kier molecular flexibility index (Phi) is 6.53. The van der Waals surface area contributed by atoms with E-state index in [1.807, 2.05) is 43.8 Å². The van der Waals surface area contributed by atoms with Gasteiger partial charge in [0.1, 0.15) is 11.3 Å². The normalized spacial score (nSPS) is 20.2. The molecule has 0 spiro atoms. The molecule has 1 aliphatic carbocycles. The molecule has 1 atom stereocenters. The van der Waals surface area contributed by atoms with Crippen molar-refractivity contribution in [2.75, 3.05) is 11.9 Å². The lowest BCUT2D eigenvalue weighted by Gasteiger charge is -2.30. The molecule has 1 aromatic carbocycles. The van der Waals surface area contributed by atoms with E-state index in [2.05, 4.69) is 20.7 Å². The third-order valence-corrected chi connectivity index (χ3v) is 6.13. The van der Waals surface area contributed by atoms with Gasteiger partial charge in [0.2, 0.25) is 0 Å². The molecule has 1 fully saturated rings. The molecule has 0 amide bonds. The van der Waals surface area contributed by atoms with Crippen LogP contribution in [0, 0.1) is 6.92 Å². The number of anilines is 2. The summed E-state index contributed by atoms with van der Waals surface area (Å²) in [5, 5.41) is 19.8. The number of fused-ring (bicyclic) bond motifs is 1. The molecule has 8 nitrogen and oxygen atoms in total. The van der Waals surface area contributed by atoms with Gasteiger partial charge in [-0.3, -0.25) is 4.68 Å². The van der Waals surface area contributed by atoms with E-state index < -0.39 is 18.8 Å². The number of aryl methyl sites for hydroxylation is 3. The molecule has 180 valence electrons. The minimum absolute atomic E-state index is 0.0359. The molecule has 0 bridgehead atoms. The number of benzene rings is 1. The van der Waals surface area contributed by atoms with Gasteiger partial charge in [0.05, 0.1) is 23.6 Å². The fourth-order valence-electron chi connectivity index (χ4n) is 4.10. The predicted octanol–water partition coefficient (Wildman–Crippen LogP) is 3.56. The zero-order chi connectivity index (χ0) is 23.8. The number of hydrogen-bond acceptors (Lipinski definition) is 6. The smallest absolute Gasteiger partial charge is 0.415 e. The SMILES string of the molecule is Cc1cc(Nc2cc(O[C@H]3CC[C@@H](NC[C@@H](O)C(F)(F)F)CC3)cc3c2ncn3C)nn1C. The number of rotatable bonds is 7. The molecular weight excluding hydrogens is 437 g/mol. The monoisotopic (exact) mass is 466 g/mol. The molecule has 4 rings (SSSR count). The van der Waals surface area contributed by atoms with E-state index in [0.29, 0.717) is 37.3 Å². The summed E-state index contributed by atoms with van der Waals surface area (Å²) in [5.41, 5.74) is 3.54. The standard InChI is InChI=1S/C22H29F3N6O2/c1-13-8-20(29-31(13)3)28-17-9-16(10-18-21(17)27-12-30(18)2)33-15-6-4-14(5-7-15)26-11-19(32)22(23,24)25/h8-10,12,14-15,19,26,32H,4-7,11H2,1-3H3,(H,28,29)/t14-,15+,19-/m1/s1. The summed E-state index contributed by atoms with van der Waals surface area (Å²) in [7, 11) is 3.80. The van der Waals surface area contributed by atoms with Crippen LogP contribution >= 0.6 is 0 Å². The topological polar surface area (TPSA) is 89.2 Å². The molecule has 0 radical (unpaired) electrons. The first-order valence-electron chi connectivity index (χ1n) is 11.0. The first kappa shape index (κ1) is 23.4. The van der Waals surface area contributed by atoms with Crippen LogP contribution in [-0.4, -0.2) is 55.4 Å². The third kappa shape index (κ3) is 5.41. The Bertz CT molecular complexity index is 1080. The van der Waals surface area contributed by atoms with Crippen molar-refractivity contribution in [3.05, 3.63) is 30.2 Å². The van der Waals surface area contributed by atoms with Gasteiger partial charge in [0, 0.05) is 50.6 Å². The second kappa shape index (κ2) is 9.22. The van der Waals surface area contributed by atoms with Gasteiger partial charge in [-0.15, -0.1) is 0 Å². The van der Waals surface area contributed by atoms with E-state index >= 15 is 0 Å². The van der Waals surface area contributed by atoms with Crippen molar-refractivity contribution < 1.29 is 23.0 Å². The number of nitrogens with one attached hydrogen (secondary N) is 2. The molecule has 1 aliphatic rings. The number of imidazole rings is 1. The van der Waals surface area contributed by atoms with Gasteiger partial charge >= 0.3 is 6.18 Å². The quantitative estimate of drug-likeness (QED) is 0.494. The number of hydrogen-bond donors (Lipinski definition) is 3. The molecule has 3 aromatic rings. The highest BCUT2D eigenvalue weighted by Gasteiger charge is 2.38. The fourth-order valence-corrected chi connectivity index (χ4v) is 4.10. The molecule has 2 aromatic heterocycles. The van der Waals surface area contributed by atoms with Crippen LogP contribution in [-0.2, 0) is 14.1 Å². The average molecular weight is 467 g/mol. The predicted molar refractivity (Wildman–Crippen MR) is 119 cm³/mol. The Labute approximate surface area is 189 Å². The Morgan fingerprint density at radius 1 is 1.18 bits per heavy atom. The van der Waals surface area contributed by atoms with Crippen molar-refractivity contribution in [1.29, 1.82) is 0 Å². The molecule has 0 unspecified atom stereocenters. The molecular formula is C22H29F3N6O2. The van der Waals surface area contributed by atoms with E-state index in [1.54, 1.807) is 11.0 Å². The number of nitrogens with zero attached hydrogens (tertiary/aromatic N) is 4. The maximum Gasteiger partial charge on any atom is 0.415 e. The van der Waals surface area contributed by atoms with E-state index in [4.69, 9.17) is 4.74 Å². The summed E-state index contributed by atoms with van der Waals surface area (Å²) >= 11 is 0. The third-order valence-electron chi connectivity index (χ3n) is 6.13. The number of alkyl halides is 3. The van der Waals surface area contributed by atoms with Crippen LogP contribution in [0.15, 0.2) is 24.5 Å². The first-order valence-corrected chi connectivity index (χ1v) is 11.0. The highest BCUT2D eigenvalue weighted by atomic mass is 19.4. The molecule has 11 heteroatoms. The van der Waals surface area contributed by atoms with Crippen molar-refractivity contribution >= 4 is 22.5 Å². The molecule has 1 saturated carbocycles. The highest BCUT2D eigenvalue weighted by molar-refractivity contribution is 5.91. The Balaban J connectivity index is 1.41. The van der Waals surface area contributed by atoms with E-state index in [1.165, 1.54) is 0 Å². The number of aliphatic hydroxyl groups is 1. The number of aliphatic hydroxyl groups excluding tert-OH is 1. The van der Waals surface area contributed by atoms with Crippen LogP contribution in [0.5, 0.6) is 5.75 Å².